The number of rotatable bonds is 4. The molecule has 0 radical (unpaired) electrons. The number of carbonyl (C=O) groups is 1. The summed E-state index contributed by atoms with van der Waals surface area (Å²) in [7, 11) is 1.67. The van der Waals surface area contributed by atoms with Gasteiger partial charge in [-0.25, -0.2) is 0 Å². The van der Waals surface area contributed by atoms with Crippen molar-refractivity contribution in [3.05, 3.63) is 24.3 Å². The van der Waals surface area contributed by atoms with Crippen LogP contribution in [0.1, 0.15) is 19.8 Å². The molecule has 2 aliphatic heterocycles. The molecule has 2 heterocycles. The summed E-state index contributed by atoms with van der Waals surface area (Å²) in [6.45, 7) is 4.95. The Balaban J connectivity index is 0.00000169. The lowest BCUT2D eigenvalue weighted by Gasteiger charge is -2.37. The molecular formula is C18H29Cl2N3O3. The lowest BCUT2D eigenvalue weighted by molar-refractivity contribution is -0.140. The van der Waals surface area contributed by atoms with E-state index in [1.54, 1.807) is 7.11 Å². The molecule has 2 atom stereocenters. The predicted molar refractivity (Wildman–Crippen MR) is 108 cm³/mol. The van der Waals surface area contributed by atoms with Gasteiger partial charge in [0.25, 0.3) is 0 Å². The molecule has 0 aliphatic carbocycles. The smallest absolute Gasteiger partial charge is 0.242 e. The first kappa shape index (κ1) is 22.8. The van der Waals surface area contributed by atoms with E-state index in [2.05, 4.69) is 10.6 Å². The SMILES string of the molecule is COc1cccc(NC2CCN(C(=O)[C@H]3NCCO[C@@H]3C)CC2)c1.Cl.Cl. The number of amides is 1. The number of ether oxygens (including phenoxy) is 2. The van der Waals surface area contributed by atoms with E-state index in [9.17, 15) is 4.79 Å². The van der Waals surface area contributed by atoms with E-state index < -0.39 is 0 Å². The van der Waals surface area contributed by atoms with Crippen molar-refractivity contribution in [2.75, 3.05) is 38.7 Å². The molecule has 1 aromatic rings. The number of halogens is 2. The Morgan fingerprint density at radius 1 is 1.31 bits per heavy atom. The fourth-order valence-corrected chi connectivity index (χ4v) is 3.40. The number of benzene rings is 1. The van der Waals surface area contributed by atoms with E-state index in [1.807, 2.05) is 36.1 Å². The Labute approximate surface area is 167 Å². The minimum atomic E-state index is -0.207. The Morgan fingerprint density at radius 3 is 2.69 bits per heavy atom. The Kier molecular flexibility index (Phi) is 9.50. The number of nitrogens with zero attached hydrogens (tertiary/aromatic N) is 1. The monoisotopic (exact) mass is 405 g/mol. The van der Waals surface area contributed by atoms with Crippen molar-refractivity contribution in [3.8, 4) is 5.75 Å². The standard InChI is InChI=1S/C18H27N3O3.2ClH/c1-13-17(19-8-11-24-13)18(22)21-9-6-14(7-10-21)20-15-4-3-5-16(12-15)23-2;;/h3-5,12-14,17,19-20H,6-11H2,1-2H3;2*1H/t13-,17+;;/m1../s1. The summed E-state index contributed by atoms with van der Waals surface area (Å²) in [4.78, 5) is 14.6. The number of nitrogens with one attached hydrogen (secondary N) is 2. The van der Waals surface area contributed by atoms with Crippen LogP contribution in [0.25, 0.3) is 0 Å². The molecule has 148 valence electrons. The molecule has 1 amide bonds. The van der Waals surface area contributed by atoms with E-state index in [0.29, 0.717) is 12.6 Å². The first-order chi connectivity index (χ1) is 11.7. The fourth-order valence-electron chi connectivity index (χ4n) is 3.40. The van der Waals surface area contributed by atoms with Crippen LogP contribution in [0.4, 0.5) is 5.69 Å². The number of likely N-dealkylation sites (tertiary alicyclic amines) is 1. The topological polar surface area (TPSA) is 62.8 Å². The molecule has 0 aromatic heterocycles. The van der Waals surface area contributed by atoms with Gasteiger partial charge in [-0.1, -0.05) is 6.07 Å². The first-order valence-electron chi connectivity index (χ1n) is 8.72. The quantitative estimate of drug-likeness (QED) is 0.804. The summed E-state index contributed by atoms with van der Waals surface area (Å²) >= 11 is 0. The van der Waals surface area contributed by atoms with Crippen molar-refractivity contribution in [3.63, 3.8) is 0 Å². The van der Waals surface area contributed by atoms with Crippen molar-refractivity contribution >= 4 is 36.4 Å². The van der Waals surface area contributed by atoms with Crippen LogP contribution in [0.5, 0.6) is 5.75 Å². The zero-order valence-corrected chi connectivity index (χ0v) is 16.9. The summed E-state index contributed by atoms with van der Waals surface area (Å²) in [5.74, 6) is 1.02. The lowest BCUT2D eigenvalue weighted by Crippen LogP contribution is -2.58. The number of carbonyl (C=O) groups excluding carboxylic acids is 1. The molecule has 2 aliphatic rings. The second-order valence-electron chi connectivity index (χ2n) is 6.48. The highest BCUT2D eigenvalue weighted by Crippen LogP contribution is 2.21. The van der Waals surface area contributed by atoms with Crippen molar-refractivity contribution in [2.24, 2.45) is 0 Å². The van der Waals surface area contributed by atoms with Gasteiger partial charge in [0.1, 0.15) is 11.8 Å². The molecule has 0 spiro atoms. The number of morpholine rings is 1. The average molecular weight is 406 g/mol. The predicted octanol–water partition coefficient (Wildman–Crippen LogP) is 2.32. The molecule has 1 aromatic carbocycles. The van der Waals surface area contributed by atoms with Gasteiger partial charge in [0.15, 0.2) is 0 Å². The van der Waals surface area contributed by atoms with E-state index in [4.69, 9.17) is 9.47 Å². The minimum absolute atomic E-state index is 0. The third kappa shape index (κ3) is 5.64. The normalized spacial score (nSPS) is 23.4. The summed E-state index contributed by atoms with van der Waals surface area (Å²) in [6.07, 6.45) is 1.84. The molecule has 2 fully saturated rings. The van der Waals surface area contributed by atoms with Gasteiger partial charge in [-0.3, -0.25) is 4.79 Å². The van der Waals surface area contributed by atoms with Gasteiger partial charge in [0.2, 0.25) is 5.91 Å². The maximum atomic E-state index is 12.7. The molecule has 0 bridgehead atoms. The van der Waals surface area contributed by atoms with Crippen LogP contribution in [-0.2, 0) is 9.53 Å². The van der Waals surface area contributed by atoms with Crippen molar-refractivity contribution < 1.29 is 14.3 Å². The number of hydrogen-bond donors (Lipinski definition) is 2. The van der Waals surface area contributed by atoms with Crippen molar-refractivity contribution in [2.45, 2.75) is 38.0 Å². The summed E-state index contributed by atoms with van der Waals surface area (Å²) in [6, 6.07) is 8.15. The van der Waals surface area contributed by atoms with Gasteiger partial charge in [-0.15, -0.1) is 24.8 Å². The van der Waals surface area contributed by atoms with Crippen LogP contribution in [0, 0.1) is 0 Å². The van der Waals surface area contributed by atoms with Crippen LogP contribution in [0.15, 0.2) is 24.3 Å². The van der Waals surface area contributed by atoms with E-state index >= 15 is 0 Å². The zero-order valence-electron chi connectivity index (χ0n) is 15.3. The van der Waals surface area contributed by atoms with E-state index in [-0.39, 0.29) is 42.9 Å². The first-order valence-corrected chi connectivity index (χ1v) is 8.72. The molecule has 0 saturated carbocycles. The molecular weight excluding hydrogens is 377 g/mol. The van der Waals surface area contributed by atoms with E-state index in [1.165, 1.54) is 0 Å². The Morgan fingerprint density at radius 2 is 2.04 bits per heavy atom. The summed E-state index contributed by atoms with van der Waals surface area (Å²) < 4.78 is 10.8. The number of hydrogen-bond acceptors (Lipinski definition) is 5. The second kappa shape index (κ2) is 10.8. The van der Waals surface area contributed by atoms with Crippen LogP contribution >= 0.6 is 24.8 Å². The molecule has 26 heavy (non-hydrogen) atoms. The van der Waals surface area contributed by atoms with Crippen LogP contribution in [-0.4, -0.2) is 62.3 Å². The third-order valence-corrected chi connectivity index (χ3v) is 4.83. The Hall–Kier alpha value is -1.21. The maximum absolute atomic E-state index is 12.7. The lowest BCUT2D eigenvalue weighted by atomic mass is 10.0. The van der Waals surface area contributed by atoms with Gasteiger partial charge in [0.05, 0.1) is 19.8 Å². The average Bonchev–Trinajstić information content (AvgIpc) is 2.62. The van der Waals surface area contributed by atoms with Gasteiger partial charge >= 0.3 is 0 Å². The number of anilines is 1. The van der Waals surface area contributed by atoms with Crippen molar-refractivity contribution in [1.82, 2.24) is 10.2 Å². The third-order valence-electron chi connectivity index (χ3n) is 4.83. The fraction of sp³-hybridized carbons (Fsp3) is 0.611. The molecule has 6 nitrogen and oxygen atoms in total. The van der Waals surface area contributed by atoms with Gasteiger partial charge in [-0.05, 0) is 31.9 Å². The zero-order chi connectivity index (χ0) is 16.9. The highest BCUT2D eigenvalue weighted by Gasteiger charge is 2.33. The highest BCUT2D eigenvalue weighted by molar-refractivity contribution is 5.85. The number of methoxy groups -OCH3 is 1. The molecule has 2 saturated heterocycles. The van der Waals surface area contributed by atoms with Crippen LogP contribution in [0.3, 0.4) is 0 Å². The van der Waals surface area contributed by atoms with E-state index in [0.717, 1.165) is 43.9 Å². The van der Waals surface area contributed by atoms with Crippen LogP contribution in [0.2, 0.25) is 0 Å². The largest absolute Gasteiger partial charge is 0.497 e. The minimum Gasteiger partial charge on any atom is -0.497 e. The summed E-state index contributed by atoms with van der Waals surface area (Å²) in [5.41, 5.74) is 1.06. The number of piperidine rings is 1. The molecule has 3 rings (SSSR count). The molecule has 8 heteroatoms. The van der Waals surface area contributed by atoms with Gasteiger partial charge < -0.3 is 25.0 Å². The maximum Gasteiger partial charge on any atom is 0.242 e. The van der Waals surface area contributed by atoms with Gasteiger partial charge in [-0.2, -0.15) is 0 Å². The second-order valence-corrected chi connectivity index (χ2v) is 6.48. The summed E-state index contributed by atoms with van der Waals surface area (Å²) in [5, 5.41) is 6.83. The highest BCUT2D eigenvalue weighted by atomic mass is 35.5. The van der Waals surface area contributed by atoms with Gasteiger partial charge in [0, 0.05) is 37.4 Å². The van der Waals surface area contributed by atoms with Crippen molar-refractivity contribution in [1.29, 1.82) is 0 Å². The molecule has 2 N–H and O–H groups in total. The Bertz CT molecular complexity index is 568. The van der Waals surface area contributed by atoms with Crippen LogP contribution < -0.4 is 15.4 Å². The molecule has 0 unspecified atom stereocenters.